The van der Waals surface area contributed by atoms with Crippen molar-refractivity contribution in [1.82, 2.24) is 9.88 Å². The highest BCUT2D eigenvalue weighted by atomic mass is 32.1. The lowest BCUT2D eigenvalue weighted by Gasteiger charge is -2.16. The molecule has 1 N–H and O–H groups in total. The maximum atomic E-state index is 13.2. The van der Waals surface area contributed by atoms with Gasteiger partial charge < -0.3 is 10.0 Å². The highest BCUT2D eigenvalue weighted by molar-refractivity contribution is 7.09. The first-order valence-electron chi connectivity index (χ1n) is 7.25. The van der Waals surface area contributed by atoms with Gasteiger partial charge >= 0.3 is 5.97 Å². The molecule has 1 aliphatic heterocycles. The number of hydrogen-bond acceptors (Lipinski definition) is 4. The standard InChI is InChI=1S/C16H15FN2O3S/c17-12-3-1-2-11(7-12)15(20)19-5-4-10(8-19)6-14-18-13(9-23-14)16(21)22/h1-3,7,9-10H,4-6,8H2,(H,21,22). The minimum atomic E-state index is -1.03. The summed E-state index contributed by atoms with van der Waals surface area (Å²) in [5.41, 5.74) is 0.420. The fraction of sp³-hybridized carbons (Fsp3) is 0.312. The largest absolute Gasteiger partial charge is 0.476 e. The molecule has 120 valence electrons. The Morgan fingerprint density at radius 2 is 2.26 bits per heavy atom. The number of likely N-dealkylation sites (tertiary alicyclic amines) is 1. The lowest BCUT2D eigenvalue weighted by Crippen LogP contribution is -2.29. The number of thiazole rings is 1. The second-order valence-electron chi connectivity index (χ2n) is 5.55. The molecular formula is C16H15FN2O3S. The van der Waals surface area contributed by atoms with E-state index in [1.807, 2.05) is 0 Å². The summed E-state index contributed by atoms with van der Waals surface area (Å²) in [6.07, 6.45) is 1.49. The van der Waals surface area contributed by atoms with Gasteiger partial charge in [-0.15, -0.1) is 11.3 Å². The molecule has 1 aliphatic rings. The fourth-order valence-corrected chi connectivity index (χ4v) is 3.62. The second kappa shape index (κ2) is 6.45. The van der Waals surface area contributed by atoms with Gasteiger partial charge in [-0.05, 0) is 30.5 Å². The number of carboxylic acid groups (broad SMARTS) is 1. The molecule has 1 aromatic heterocycles. The Hall–Kier alpha value is -2.28. The zero-order valence-electron chi connectivity index (χ0n) is 12.2. The van der Waals surface area contributed by atoms with Crippen LogP contribution in [0, 0.1) is 11.7 Å². The van der Waals surface area contributed by atoms with Crippen LogP contribution in [0.5, 0.6) is 0 Å². The summed E-state index contributed by atoms with van der Waals surface area (Å²) in [4.78, 5) is 29.0. The van der Waals surface area contributed by atoms with E-state index in [1.54, 1.807) is 11.0 Å². The summed E-state index contributed by atoms with van der Waals surface area (Å²) < 4.78 is 13.2. The Bertz CT molecular complexity index is 746. The zero-order chi connectivity index (χ0) is 16.4. The molecule has 0 bridgehead atoms. The number of aromatic carboxylic acids is 1. The molecular weight excluding hydrogens is 319 g/mol. The lowest BCUT2D eigenvalue weighted by atomic mass is 10.1. The molecule has 1 amide bonds. The minimum absolute atomic E-state index is 0.0655. The second-order valence-corrected chi connectivity index (χ2v) is 6.49. The van der Waals surface area contributed by atoms with Crippen LogP contribution >= 0.6 is 11.3 Å². The molecule has 1 aromatic carbocycles. The number of carbonyl (C=O) groups is 2. The third-order valence-electron chi connectivity index (χ3n) is 3.88. The summed E-state index contributed by atoms with van der Waals surface area (Å²) in [5.74, 6) is -1.37. The van der Waals surface area contributed by atoms with Crippen molar-refractivity contribution in [3.05, 3.63) is 51.7 Å². The van der Waals surface area contributed by atoms with Gasteiger partial charge in [0.2, 0.25) is 0 Å². The van der Waals surface area contributed by atoms with Crippen LogP contribution in [0.1, 0.15) is 32.3 Å². The zero-order valence-corrected chi connectivity index (χ0v) is 13.1. The normalized spacial score (nSPS) is 17.4. The van der Waals surface area contributed by atoms with Crippen LogP contribution in [0.15, 0.2) is 29.6 Å². The number of carboxylic acids is 1. The summed E-state index contributed by atoms with van der Waals surface area (Å²) >= 11 is 1.33. The van der Waals surface area contributed by atoms with E-state index in [2.05, 4.69) is 4.98 Å². The fourth-order valence-electron chi connectivity index (χ4n) is 2.74. The van der Waals surface area contributed by atoms with Gasteiger partial charge in [0.1, 0.15) is 5.82 Å². The molecule has 0 saturated carbocycles. The first-order chi connectivity index (χ1) is 11.0. The van der Waals surface area contributed by atoms with Crippen molar-refractivity contribution >= 4 is 23.2 Å². The van der Waals surface area contributed by atoms with Crippen LogP contribution in [0.3, 0.4) is 0 Å². The molecule has 0 spiro atoms. The van der Waals surface area contributed by atoms with Crippen LogP contribution in [-0.4, -0.2) is 40.0 Å². The van der Waals surface area contributed by atoms with E-state index >= 15 is 0 Å². The summed E-state index contributed by atoms with van der Waals surface area (Å²) in [6, 6.07) is 5.69. The van der Waals surface area contributed by atoms with Crippen molar-refractivity contribution < 1.29 is 19.1 Å². The predicted molar refractivity (Wildman–Crippen MR) is 83.2 cm³/mol. The summed E-state index contributed by atoms with van der Waals surface area (Å²) in [7, 11) is 0. The van der Waals surface area contributed by atoms with Gasteiger partial charge in [-0.1, -0.05) is 6.07 Å². The average molecular weight is 334 g/mol. The topological polar surface area (TPSA) is 70.5 Å². The van der Waals surface area contributed by atoms with Gasteiger partial charge in [-0.3, -0.25) is 4.79 Å². The van der Waals surface area contributed by atoms with E-state index < -0.39 is 11.8 Å². The molecule has 23 heavy (non-hydrogen) atoms. The third kappa shape index (κ3) is 3.56. The molecule has 1 atom stereocenters. The molecule has 7 heteroatoms. The molecule has 3 rings (SSSR count). The summed E-state index contributed by atoms with van der Waals surface area (Å²) in [6.45, 7) is 1.20. The van der Waals surface area contributed by atoms with E-state index in [-0.39, 0.29) is 17.5 Å². The molecule has 1 unspecified atom stereocenters. The molecule has 0 aliphatic carbocycles. The SMILES string of the molecule is O=C(O)c1csc(CC2CCN(C(=O)c3cccc(F)c3)C2)n1. The minimum Gasteiger partial charge on any atom is -0.476 e. The highest BCUT2D eigenvalue weighted by Gasteiger charge is 2.28. The smallest absolute Gasteiger partial charge is 0.355 e. The van der Waals surface area contributed by atoms with Crippen LogP contribution in [0.2, 0.25) is 0 Å². The Morgan fingerprint density at radius 1 is 1.43 bits per heavy atom. The van der Waals surface area contributed by atoms with E-state index in [0.717, 1.165) is 11.4 Å². The van der Waals surface area contributed by atoms with Gasteiger partial charge in [-0.25, -0.2) is 14.2 Å². The quantitative estimate of drug-likeness (QED) is 0.933. The van der Waals surface area contributed by atoms with Crippen molar-refractivity contribution in [1.29, 1.82) is 0 Å². The van der Waals surface area contributed by atoms with Crippen LogP contribution in [0.4, 0.5) is 4.39 Å². The molecule has 1 fully saturated rings. The van der Waals surface area contributed by atoms with Crippen molar-refractivity contribution in [3.8, 4) is 0 Å². The number of amides is 1. The predicted octanol–water partition coefficient (Wildman–Crippen LogP) is 2.69. The molecule has 1 saturated heterocycles. The van der Waals surface area contributed by atoms with E-state index in [4.69, 9.17) is 5.11 Å². The molecule has 0 radical (unpaired) electrons. The number of halogens is 1. The average Bonchev–Trinajstić information content (AvgIpc) is 3.16. The van der Waals surface area contributed by atoms with Gasteiger partial charge in [0.05, 0.1) is 5.01 Å². The number of nitrogens with zero attached hydrogens (tertiary/aromatic N) is 2. The maximum Gasteiger partial charge on any atom is 0.355 e. The van der Waals surface area contributed by atoms with Crippen LogP contribution in [-0.2, 0) is 6.42 Å². The van der Waals surface area contributed by atoms with Crippen molar-refractivity contribution in [2.75, 3.05) is 13.1 Å². The first kappa shape index (κ1) is 15.6. The van der Waals surface area contributed by atoms with Gasteiger partial charge in [0.15, 0.2) is 5.69 Å². The lowest BCUT2D eigenvalue weighted by molar-refractivity contribution is 0.0690. The number of benzene rings is 1. The monoisotopic (exact) mass is 334 g/mol. The summed E-state index contributed by atoms with van der Waals surface area (Å²) in [5, 5.41) is 11.2. The maximum absolute atomic E-state index is 13.2. The molecule has 2 aromatic rings. The molecule has 5 nitrogen and oxygen atoms in total. The van der Waals surface area contributed by atoms with Crippen molar-refractivity contribution in [2.24, 2.45) is 5.92 Å². The Balaban J connectivity index is 1.61. The number of carbonyl (C=O) groups excluding carboxylic acids is 1. The van der Waals surface area contributed by atoms with Gasteiger partial charge in [-0.2, -0.15) is 0 Å². The first-order valence-corrected chi connectivity index (χ1v) is 8.13. The van der Waals surface area contributed by atoms with E-state index in [0.29, 0.717) is 25.1 Å². The highest BCUT2D eigenvalue weighted by Crippen LogP contribution is 2.24. The Kier molecular flexibility index (Phi) is 4.38. The Labute approximate surface area is 136 Å². The van der Waals surface area contributed by atoms with Crippen molar-refractivity contribution in [2.45, 2.75) is 12.8 Å². The third-order valence-corrected chi connectivity index (χ3v) is 4.75. The Morgan fingerprint density at radius 3 is 2.96 bits per heavy atom. The van der Waals surface area contributed by atoms with E-state index in [9.17, 15) is 14.0 Å². The van der Waals surface area contributed by atoms with Crippen molar-refractivity contribution in [3.63, 3.8) is 0 Å². The number of aromatic nitrogens is 1. The van der Waals surface area contributed by atoms with E-state index in [1.165, 1.54) is 34.9 Å². The number of hydrogen-bond donors (Lipinski definition) is 1. The van der Waals surface area contributed by atoms with Gasteiger partial charge in [0, 0.05) is 30.5 Å². The number of rotatable bonds is 4. The van der Waals surface area contributed by atoms with Crippen LogP contribution < -0.4 is 0 Å². The van der Waals surface area contributed by atoms with Gasteiger partial charge in [0.25, 0.3) is 5.91 Å². The molecule has 2 heterocycles. The van der Waals surface area contributed by atoms with Crippen LogP contribution in [0.25, 0.3) is 0 Å².